The van der Waals surface area contributed by atoms with E-state index in [1.807, 2.05) is 44.4 Å². The van der Waals surface area contributed by atoms with Crippen LogP contribution in [0.5, 0.6) is 0 Å². The van der Waals surface area contributed by atoms with Gasteiger partial charge < -0.3 is 9.32 Å². The highest BCUT2D eigenvalue weighted by Crippen LogP contribution is 2.23. The number of hydrogen-bond acceptors (Lipinski definition) is 4. The maximum absolute atomic E-state index is 5.75. The van der Waals surface area contributed by atoms with Gasteiger partial charge in [0.25, 0.3) is 0 Å². The second-order valence-electron chi connectivity index (χ2n) is 4.17. The number of hydrogen-bond donors (Lipinski definition) is 2. The van der Waals surface area contributed by atoms with E-state index in [-0.39, 0.29) is 6.04 Å². The predicted octanol–water partition coefficient (Wildman–Crippen LogP) is 1.50. The molecule has 86 valence electrons. The summed E-state index contributed by atoms with van der Waals surface area (Å²) in [5, 5.41) is 1.11. The van der Waals surface area contributed by atoms with Gasteiger partial charge in [-0.3, -0.25) is 5.84 Å². The Hall–Kier alpha value is -1.36. The van der Waals surface area contributed by atoms with Crippen LogP contribution in [0.2, 0.25) is 0 Å². The molecule has 0 aliphatic carbocycles. The van der Waals surface area contributed by atoms with Gasteiger partial charge >= 0.3 is 0 Å². The Balaban J connectivity index is 2.30. The second-order valence-corrected chi connectivity index (χ2v) is 4.17. The minimum Gasteiger partial charge on any atom is -0.459 e. The van der Waals surface area contributed by atoms with Crippen molar-refractivity contribution in [2.24, 2.45) is 5.84 Å². The van der Waals surface area contributed by atoms with Crippen molar-refractivity contribution in [3.63, 3.8) is 0 Å². The molecule has 0 saturated heterocycles. The summed E-state index contributed by atoms with van der Waals surface area (Å²) in [5.74, 6) is 6.41. The first kappa shape index (κ1) is 11.1. The quantitative estimate of drug-likeness (QED) is 0.604. The zero-order valence-electron chi connectivity index (χ0n) is 9.60. The highest BCUT2D eigenvalue weighted by Gasteiger charge is 2.15. The fourth-order valence-electron chi connectivity index (χ4n) is 1.76. The monoisotopic (exact) mass is 219 g/mol. The minimum atomic E-state index is 0.0161. The Labute approximate surface area is 95.0 Å². The average molecular weight is 219 g/mol. The van der Waals surface area contributed by atoms with Gasteiger partial charge in [-0.05, 0) is 26.2 Å². The molecule has 0 bridgehead atoms. The third-order valence-corrected chi connectivity index (χ3v) is 2.54. The third kappa shape index (κ3) is 2.24. The van der Waals surface area contributed by atoms with E-state index in [2.05, 4.69) is 10.3 Å². The SMILES string of the molecule is CN(C)CC(NN)c1cc2ccccc2o1. The van der Waals surface area contributed by atoms with E-state index in [4.69, 9.17) is 10.3 Å². The minimum absolute atomic E-state index is 0.0161. The lowest BCUT2D eigenvalue weighted by Gasteiger charge is -2.17. The van der Waals surface area contributed by atoms with Crippen molar-refractivity contribution in [3.8, 4) is 0 Å². The molecule has 1 unspecified atom stereocenters. The standard InChI is InChI=1S/C12H17N3O/c1-15(2)8-10(14-13)12-7-9-5-3-4-6-11(9)16-12/h3-7,10,14H,8,13H2,1-2H3. The Kier molecular flexibility index (Phi) is 3.24. The van der Waals surface area contributed by atoms with Crippen LogP contribution >= 0.6 is 0 Å². The molecule has 0 spiro atoms. The van der Waals surface area contributed by atoms with Crippen molar-refractivity contribution < 1.29 is 4.42 Å². The molecule has 0 saturated carbocycles. The van der Waals surface area contributed by atoms with Gasteiger partial charge in [0, 0.05) is 11.9 Å². The highest BCUT2D eigenvalue weighted by atomic mass is 16.3. The molecule has 0 fully saturated rings. The molecule has 0 radical (unpaired) electrons. The van der Waals surface area contributed by atoms with E-state index < -0.39 is 0 Å². The largest absolute Gasteiger partial charge is 0.459 e. The second kappa shape index (κ2) is 4.65. The maximum atomic E-state index is 5.75. The summed E-state index contributed by atoms with van der Waals surface area (Å²) >= 11 is 0. The van der Waals surface area contributed by atoms with Crippen molar-refractivity contribution in [2.75, 3.05) is 20.6 Å². The van der Waals surface area contributed by atoms with E-state index in [0.717, 1.165) is 23.3 Å². The van der Waals surface area contributed by atoms with Crippen molar-refractivity contribution >= 4 is 11.0 Å². The van der Waals surface area contributed by atoms with E-state index >= 15 is 0 Å². The number of rotatable bonds is 4. The van der Waals surface area contributed by atoms with E-state index in [1.165, 1.54) is 0 Å². The maximum Gasteiger partial charge on any atom is 0.134 e. The topological polar surface area (TPSA) is 54.4 Å². The zero-order chi connectivity index (χ0) is 11.5. The van der Waals surface area contributed by atoms with Gasteiger partial charge in [0.1, 0.15) is 11.3 Å². The van der Waals surface area contributed by atoms with Gasteiger partial charge in [-0.1, -0.05) is 18.2 Å². The number of hydrazine groups is 1. The fraction of sp³-hybridized carbons (Fsp3) is 0.333. The first-order chi connectivity index (χ1) is 7.70. The summed E-state index contributed by atoms with van der Waals surface area (Å²) in [7, 11) is 4.01. The van der Waals surface area contributed by atoms with Gasteiger partial charge in [0.15, 0.2) is 0 Å². The normalized spacial score (nSPS) is 13.5. The zero-order valence-corrected chi connectivity index (χ0v) is 9.60. The Morgan fingerprint density at radius 3 is 2.75 bits per heavy atom. The number of nitrogens with zero attached hydrogens (tertiary/aromatic N) is 1. The van der Waals surface area contributed by atoms with E-state index in [0.29, 0.717) is 0 Å². The number of para-hydroxylation sites is 1. The predicted molar refractivity (Wildman–Crippen MR) is 64.8 cm³/mol. The molecule has 2 rings (SSSR count). The van der Waals surface area contributed by atoms with Gasteiger partial charge in [0.05, 0.1) is 6.04 Å². The number of nitrogens with two attached hydrogens (primary N) is 1. The number of fused-ring (bicyclic) bond motifs is 1. The third-order valence-electron chi connectivity index (χ3n) is 2.54. The summed E-state index contributed by atoms with van der Waals surface area (Å²) in [4.78, 5) is 2.07. The molecule has 2 aromatic rings. The Morgan fingerprint density at radius 1 is 1.38 bits per heavy atom. The molecule has 4 heteroatoms. The first-order valence-corrected chi connectivity index (χ1v) is 5.30. The molecule has 0 aliphatic rings. The van der Waals surface area contributed by atoms with Gasteiger partial charge in [-0.25, -0.2) is 5.43 Å². The number of likely N-dealkylation sites (N-methyl/N-ethyl adjacent to an activating group) is 1. The van der Waals surface area contributed by atoms with Gasteiger partial charge in [0.2, 0.25) is 0 Å². The van der Waals surface area contributed by atoms with Crippen LogP contribution in [0.4, 0.5) is 0 Å². The van der Waals surface area contributed by atoms with Crippen LogP contribution < -0.4 is 11.3 Å². The van der Waals surface area contributed by atoms with Crippen molar-refractivity contribution in [2.45, 2.75) is 6.04 Å². The fourth-order valence-corrected chi connectivity index (χ4v) is 1.76. The molecule has 3 N–H and O–H groups in total. The molecule has 1 heterocycles. The van der Waals surface area contributed by atoms with Gasteiger partial charge in [-0.2, -0.15) is 0 Å². The van der Waals surface area contributed by atoms with Crippen LogP contribution in [0, 0.1) is 0 Å². The Morgan fingerprint density at radius 2 is 2.12 bits per heavy atom. The summed E-state index contributed by atoms with van der Waals surface area (Å²) < 4.78 is 5.75. The van der Waals surface area contributed by atoms with Crippen molar-refractivity contribution in [1.29, 1.82) is 0 Å². The molecule has 0 aliphatic heterocycles. The van der Waals surface area contributed by atoms with Crippen LogP contribution in [0.1, 0.15) is 11.8 Å². The van der Waals surface area contributed by atoms with E-state index in [9.17, 15) is 0 Å². The number of nitrogens with one attached hydrogen (secondary N) is 1. The number of benzene rings is 1. The molecular formula is C12H17N3O. The molecule has 0 amide bonds. The molecule has 4 nitrogen and oxygen atoms in total. The van der Waals surface area contributed by atoms with Crippen molar-refractivity contribution in [1.82, 2.24) is 10.3 Å². The lowest BCUT2D eigenvalue weighted by Crippen LogP contribution is -2.35. The summed E-state index contributed by atoms with van der Waals surface area (Å²) in [6, 6.07) is 10.0. The molecule has 1 aromatic heterocycles. The highest BCUT2D eigenvalue weighted by molar-refractivity contribution is 5.77. The van der Waals surface area contributed by atoms with Crippen LogP contribution in [0.25, 0.3) is 11.0 Å². The lowest BCUT2D eigenvalue weighted by atomic mass is 10.2. The summed E-state index contributed by atoms with van der Waals surface area (Å²) in [6.07, 6.45) is 0. The van der Waals surface area contributed by atoms with Gasteiger partial charge in [-0.15, -0.1) is 0 Å². The van der Waals surface area contributed by atoms with Crippen LogP contribution in [-0.4, -0.2) is 25.5 Å². The average Bonchev–Trinajstić information content (AvgIpc) is 2.68. The molecule has 16 heavy (non-hydrogen) atoms. The summed E-state index contributed by atoms with van der Waals surface area (Å²) in [6.45, 7) is 0.802. The van der Waals surface area contributed by atoms with Crippen molar-refractivity contribution in [3.05, 3.63) is 36.1 Å². The molecule has 1 atom stereocenters. The first-order valence-electron chi connectivity index (χ1n) is 5.30. The number of furan rings is 1. The van der Waals surface area contributed by atoms with Crippen LogP contribution in [0.15, 0.2) is 34.7 Å². The lowest BCUT2D eigenvalue weighted by molar-refractivity contribution is 0.316. The Bertz CT molecular complexity index is 431. The summed E-state index contributed by atoms with van der Waals surface area (Å²) in [5.41, 5.74) is 3.67. The molecule has 1 aromatic carbocycles. The molecular weight excluding hydrogens is 202 g/mol. The van der Waals surface area contributed by atoms with Crippen LogP contribution in [-0.2, 0) is 0 Å². The smallest absolute Gasteiger partial charge is 0.134 e. The van der Waals surface area contributed by atoms with E-state index in [1.54, 1.807) is 0 Å². The van der Waals surface area contributed by atoms with Crippen LogP contribution in [0.3, 0.4) is 0 Å².